The summed E-state index contributed by atoms with van der Waals surface area (Å²) in [5.41, 5.74) is 6.29. The van der Waals surface area contributed by atoms with Crippen LogP contribution in [0.5, 0.6) is 0 Å². The quantitative estimate of drug-likeness (QED) is 0.880. The molecule has 2 amide bonds. The van der Waals surface area contributed by atoms with Crippen molar-refractivity contribution in [1.29, 1.82) is 0 Å². The van der Waals surface area contributed by atoms with E-state index < -0.39 is 0 Å². The Morgan fingerprint density at radius 3 is 2.54 bits per heavy atom. The van der Waals surface area contributed by atoms with Gasteiger partial charge in [-0.2, -0.15) is 0 Å². The average molecular weight is 322 g/mol. The highest BCUT2D eigenvalue weighted by Crippen LogP contribution is 2.22. The number of piperidine rings is 1. The minimum absolute atomic E-state index is 0.0282. The molecule has 1 heterocycles. The number of nitrogens with zero attached hydrogens (tertiary/aromatic N) is 1. The van der Waals surface area contributed by atoms with Gasteiger partial charge in [-0.05, 0) is 41.2 Å². The standard InChI is InChI=1S/C20H22N2O2/c21-19(23)14-15-10-12-22(13-11-15)20(24)9-8-17-6-3-5-16-4-1-2-7-18(16)17/h1-9,15H,10-14H2,(H2,21,23). The van der Waals surface area contributed by atoms with Gasteiger partial charge in [-0.15, -0.1) is 0 Å². The van der Waals surface area contributed by atoms with Crippen LogP contribution in [0.3, 0.4) is 0 Å². The number of primary amides is 1. The zero-order chi connectivity index (χ0) is 16.9. The molecule has 1 aliphatic heterocycles. The number of amides is 2. The fourth-order valence-electron chi connectivity index (χ4n) is 3.30. The summed E-state index contributed by atoms with van der Waals surface area (Å²) < 4.78 is 0. The molecule has 1 aliphatic rings. The summed E-state index contributed by atoms with van der Waals surface area (Å²) in [6.45, 7) is 1.38. The third-order valence-corrected chi connectivity index (χ3v) is 4.64. The first-order chi connectivity index (χ1) is 11.6. The Morgan fingerprint density at radius 2 is 1.79 bits per heavy atom. The van der Waals surface area contributed by atoms with Gasteiger partial charge < -0.3 is 10.6 Å². The van der Waals surface area contributed by atoms with E-state index in [0.717, 1.165) is 23.8 Å². The Balaban J connectivity index is 1.64. The first-order valence-electron chi connectivity index (χ1n) is 8.36. The predicted molar refractivity (Wildman–Crippen MR) is 96.1 cm³/mol. The molecule has 1 fully saturated rings. The Bertz CT molecular complexity index is 769. The molecule has 2 aromatic rings. The molecule has 1 saturated heterocycles. The lowest BCUT2D eigenvalue weighted by molar-refractivity contribution is -0.127. The van der Waals surface area contributed by atoms with Crippen molar-refractivity contribution < 1.29 is 9.59 Å². The third kappa shape index (κ3) is 3.82. The van der Waals surface area contributed by atoms with E-state index in [2.05, 4.69) is 18.2 Å². The highest BCUT2D eigenvalue weighted by atomic mass is 16.2. The molecule has 0 aliphatic carbocycles. The van der Waals surface area contributed by atoms with Crippen LogP contribution in [-0.2, 0) is 9.59 Å². The van der Waals surface area contributed by atoms with Gasteiger partial charge in [-0.1, -0.05) is 42.5 Å². The number of fused-ring (bicyclic) bond motifs is 1. The Kier molecular flexibility index (Phi) is 4.94. The molecular formula is C20H22N2O2. The first-order valence-corrected chi connectivity index (χ1v) is 8.36. The van der Waals surface area contributed by atoms with Crippen LogP contribution in [0.4, 0.5) is 0 Å². The molecule has 0 unspecified atom stereocenters. The van der Waals surface area contributed by atoms with E-state index in [0.29, 0.717) is 25.4 Å². The summed E-state index contributed by atoms with van der Waals surface area (Å²) in [4.78, 5) is 25.2. The number of likely N-dealkylation sites (tertiary alicyclic amines) is 1. The smallest absolute Gasteiger partial charge is 0.246 e. The molecule has 3 rings (SSSR count). The van der Waals surface area contributed by atoms with E-state index in [1.54, 1.807) is 6.08 Å². The summed E-state index contributed by atoms with van der Waals surface area (Å²) in [5, 5.41) is 2.31. The lowest BCUT2D eigenvalue weighted by atomic mass is 9.93. The zero-order valence-electron chi connectivity index (χ0n) is 13.7. The van der Waals surface area contributed by atoms with E-state index in [4.69, 9.17) is 5.73 Å². The van der Waals surface area contributed by atoms with Gasteiger partial charge in [0.15, 0.2) is 0 Å². The second-order valence-corrected chi connectivity index (χ2v) is 6.34. The molecule has 2 aromatic carbocycles. The minimum Gasteiger partial charge on any atom is -0.370 e. The van der Waals surface area contributed by atoms with Gasteiger partial charge in [-0.25, -0.2) is 0 Å². The maximum absolute atomic E-state index is 12.4. The Hall–Kier alpha value is -2.62. The molecule has 0 bridgehead atoms. The van der Waals surface area contributed by atoms with Gasteiger partial charge in [0.25, 0.3) is 0 Å². The van der Waals surface area contributed by atoms with Gasteiger partial charge in [-0.3, -0.25) is 9.59 Å². The van der Waals surface area contributed by atoms with Crippen LogP contribution in [0.1, 0.15) is 24.8 Å². The summed E-state index contributed by atoms with van der Waals surface area (Å²) in [6, 6.07) is 14.2. The first kappa shape index (κ1) is 16.2. The summed E-state index contributed by atoms with van der Waals surface area (Å²) in [6.07, 6.45) is 5.65. The number of hydrogen-bond acceptors (Lipinski definition) is 2. The van der Waals surface area contributed by atoms with Gasteiger partial charge in [0.2, 0.25) is 11.8 Å². The van der Waals surface area contributed by atoms with Crippen LogP contribution in [0.2, 0.25) is 0 Å². The van der Waals surface area contributed by atoms with E-state index in [1.807, 2.05) is 35.2 Å². The third-order valence-electron chi connectivity index (χ3n) is 4.64. The SMILES string of the molecule is NC(=O)CC1CCN(C(=O)C=Cc2cccc3ccccc23)CC1. The minimum atomic E-state index is -0.254. The second-order valence-electron chi connectivity index (χ2n) is 6.34. The number of carbonyl (C=O) groups is 2. The van der Waals surface area contributed by atoms with Crippen molar-refractivity contribution in [2.24, 2.45) is 11.7 Å². The zero-order valence-corrected chi connectivity index (χ0v) is 13.7. The van der Waals surface area contributed by atoms with Crippen molar-refractivity contribution in [2.45, 2.75) is 19.3 Å². The molecule has 0 radical (unpaired) electrons. The van der Waals surface area contributed by atoms with E-state index in [-0.39, 0.29) is 11.8 Å². The number of nitrogens with two attached hydrogens (primary N) is 1. The molecular weight excluding hydrogens is 300 g/mol. The maximum Gasteiger partial charge on any atom is 0.246 e. The van der Waals surface area contributed by atoms with Crippen LogP contribution in [-0.4, -0.2) is 29.8 Å². The number of benzene rings is 2. The number of hydrogen-bond donors (Lipinski definition) is 1. The Labute approximate surface area is 141 Å². The monoisotopic (exact) mass is 322 g/mol. The van der Waals surface area contributed by atoms with Crippen LogP contribution < -0.4 is 5.73 Å². The fourth-order valence-corrected chi connectivity index (χ4v) is 3.30. The lowest BCUT2D eigenvalue weighted by Crippen LogP contribution is -2.38. The van der Waals surface area contributed by atoms with Crippen LogP contribution in [0.15, 0.2) is 48.5 Å². The fraction of sp³-hybridized carbons (Fsp3) is 0.300. The van der Waals surface area contributed by atoms with Crippen molar-refractivity contribution in [3.8, 4) is 0 Å². The highest BCUT2D eigenvalue weighted by Gasteiger charge is 2.22. The van der Waals surface area contributed by atoms with Crippen molar-refractivity contribution in [1.82, 2.24) is 4.90 Å². The molecule has 0 saturated carbocycles. The van der Waals surface area contributed by atoms with Crippen molar-refractivity contribution in [2.75, 3.05) is 13.1 Å². The average Bonchev–Trinajstić information content (AvgIpc) is 2.59. The van der Waals surface area contributed by atoms with Crippen LogP contribution in [0.25, 0.3) is 16.8 Å². The maximum atomic E-state index is 12.4. The molecule has 2 N–H and O–H groups in total. The topological polar surface area (TPSA) is 63.4 Å². The largest absolute Gasteiger partial charge is 0.370 e. The number of rotatable bonds is 4. The van der Waals surface area contributed by atoms with Crippen LogP contribution in [0, 0.1) is 5.92 Å². The molecule has 4 nitrogen and oxygen atoms in total. The van der Waals surface area contributed by atoms with Gasteiger partial charge >= 0.3 is 0 Å². The van der Waals surface area contributed by atoms with Gasteiger partial charge in [0.05, 0.1) is 0 Å². The van der Waals surface area contributed by atoms with Crippen LogP contribution >= 0.6 is 0 Å². The summed E-state index contributed by atoms with van der Waals surface area (Å²) >= 11 is 0. The molecule has 0 atom stereocenters. The normalized spacial score (nSPS) is 15.9. The second kappa shape index (κ2) is 7.30. The number of carbonyl (C=O) groups excluding carboxylic acids is 2. The van der Waals surface area contributed by atoms with Gasteiger partial charge in [0.1, 0.15) is 0 Å². The molecule has 124 valence electrons. The predicted octanol–water partition coefficient (Wildman–Crippen LogP) is 2.97. The van der Waals surface area contributed by atoms with E-state index >= 15 is 0 Å². The van der Waals surface area contributed by atoms with Gasteiger partial charge in [0, 0.05) is 25.6 Å². The summed E-state index contributed by atoms with van der Waals surface area (Å²) in [7, 11) is 0. The Morgan fingerprint density at radius 1 is 1.08 bits per heavy atom. The van der Waals surface area contributed by atoms with Crippen molar-refractivity contribution in [3.05, 3.63) is 54.1 Å². The highest BCUT2D eigenvalue weighted by molar-refractivity contribution is 5.96. The molecule has 24 heavy (non-hydrogen) atoms. The lowest BCUT2D eigenvalue weighted by Gasteiger charge is -2.30. The van der Waals surface area contributed by atoms with E-state index in [9.17, 15) is 9.59 Å². The molecule has 4 heteroatoms. The van der Waals surface area contributed by atoms with Crippen molar-refractivity contribution >= 4 is 28.7 Å². The van der Waals surface area contributed by atoms with Crippen molar-refractivity contribution in [3.63, 3.8) is 0 Å². The molecule has 0 spiro atoms. The summed E-state index contributed by atoms with van der Waals surface area (Å²) in [5.74, 6) is 0.0877. The van der Waals surface area contributed by atoms with E-state index in [1.165, 1.54) is 5.39 Å². The molecule has 0 aromatic heterocycles.